The van der Waals surface area contributed by atoms with Gasteiger partial charge in [-0.25, -0.2) is 0 Å². The van der Waals surface area contributed by atoms with E-state index in [-0.39, 0.29) is 12.0 Å². The molecule has 3 heteroatoms. The second-order valence-corrected chi connectivity index (χ2v) is 5.84. The summed E-state index contributed by atoms with van der Waals surface area (Å²) < 4.78 is 0. The van der Waals surface area contributed by atoms with Crippen LogP contribution in [0, 0.1) is 0 Å². The zero-order chi connectivity index (χ0) is 13.9. The van der Waals surface area contributed by atoms with Crippen molar-refractivity contribution in [2.75, 3.05) is 6.61 Å². The molecule has 0 aliphatic heterocycles. The van der Waals surface area contributed by atoms with Gasteiger partial charge in [0.2, 0.25) is 0 Å². The molecule has 0 fully saturated rings. The highest BCUT2D eigenvalue weighted by molar-refractivity contribution is 6.31. The van der Waals surface area contributed by atoms with Crippen molar-refractivity contribution < 1.29 is 5.11 Å². The smallest absolute Gasteiger partial charge is 0.0528 e. The van der Waals surface area contributed by atoms with Crippen molar-refractivity contribution >= 4 is 23.2 Å². The molecule has 2 aromatic carbocycles. The van der Waals surface area contributed by atoms with Crippen LogP contribution in [-0.4, -0.2) is 11.7 Å². The van der Waals surface area contributed by atoms with Crippen LogP contribution in [0.4, 0.5) is 0 Å². The summed E-state index contributed by atoms with van der Waals surface area (Å²) in [5.74, 6) is 0. The van der Waals surface area contributed by atoms with E-state index in [2.05, 4.69) is 0 Å². The van der Waals surface area contributed by atoms with E-state index in [1.165, 1.54) is 0 Å². The van der Waals surface area contributed by atoms with E-state index in [1.807, 2.05) is 55.5 Å². The molecular weight excluding hydrogens is 279 g/mol. The molecule has 0 saturated heterocycles. The fraction of sp³-hybridized carbons (Fsp3) is 0.250. The summed E-state index contributed by atoms with van der Waals surface area (Å²) in [6.45, 7) is 2.08. The quantitative estimate of drug-likeness (QED) is 0.881. The predicted octanol–water partition coefficient (Wildman–Crippen LogP) is 4.49. The minimum absolute atomic E-state index is 0.0554. The van der Waals surface area contributed by atoms with Crippen LogP contribution in [0.3, 0.4) is 0 Å². The molecule has 0 spiro atoms. The molecule has 0 heterocycles. The Kier molecular flexibility index (Phi) is 4.51. The average Bonchev–Trinajstić information content (AvgIpc) is 2.42. The van der Waals surface area contributed by atoms with Crippen molar-refractivity contribution in [2.24, 2.45) is 0 Å². The summed E-state index contributed by atoms with van der Waals surface area (Å²) in [6.07, 6.45) is 0.685. The van der Waals surface area contributed by atoms with Crippen LogP contribution < -0.4 is 0 Å². The Bertz CT molecular complexity index is 551. The Morgan fingerprint density at radius 3 is 2.21 bits per heavy atom. The van der Waals surface area contributed by atoms with Crippen LogP contribution in [0.25, 0.3) is 0 Å². The van der Waals surface area contributed by atoms with Crippen LogP contribution in [0.5, 0.6) is 0 Å². The highest BCUT2D eigenvalue weighted by atomic mass is 35.5. The van der Waals surface area contributed by atoms with E-state index in [0.717, 1.165) is 16.1 Å². The SMILES string of the molecule is CC(CO)(Cc1ccccc1Cl)c1ccc(Cl)cc1. The maximum absolute atomic E-state index is 9.78. The summed E-state index contributed by atoms with van der Waals surface area (Å²) in [5.41, 5.74) is 1.73. The number of benzene rings is 2. The number of hydrogen-bond acceptors (Lipinski definition) is 1. The zero-order valence-electron chi connectivity index (χ0n) is 10.7. The van der Waals surface area contributed by atoms with Crippen molar-refractivity contribution in [1.29, 1.82) is 0 Å². The lowest BCUT2D eigenvalue weighted by Crippen LogP contribution is -2.29. The third-order valence-corrected chi connectivity index (χ3v) is 4.05. The third-order valence-electron chi connectivity index (χ3n) is 3.43. The molecule has 0 amide bonds. The van der Waals surface area contributed by atoms with Crippen LogP contribution in [-0.2, 0) is 11.8 Å². The maximum Gasteiger partial charge on any atom is 0.0528 e. The van der Waals surface area contributed by atoms with E-state index >= 15 is 0 Å². The number of rotatable bonds is 4. The lowest BCUT2D eigenvalue weighted by Gasteiger charge is -2.28. The Hall–Kier alpha value is -1.02. The van der Waals surface area contributed by atoms with Gasteiger partial charge in [0.05, 0.1) is 6.61 Å². The molecule has 0 bridgehead atoms. The monoisotopic (exact) mass is 294 g/mol. The Balaban J connectivity index is 2.33. The molecule has 0 saturated carbocycles. The first kappa shape index (κ1) is 14.4. The van der Waals surface area contributed by atoms with Gasteiger partial charge in [0.15, 0.2) is 0 Å². The summed E-state index contributed by atoms with van der Waals surface area (Å²) in [6, 6.07) is 15.3. The fourth-order valence-electron chi connectivity index (χ4n) is 2.16. The second kappa shape index (κ2) is 5.96. The zero-order valence-corrected chi connectivity index (χ0v) is 12.2. The molecule has 1 nitrogen and oxygen atoms in total. The number of aliphatic hydroxyl groups excluding tert-OH is 1. The van der Waals surface area contributed by atoms with E-state index < -0.39 is 0 Å². The van der Waals surface area contributed by atoms with Gasteiger partial charge in [0.25, 0.3) is 0 Å². The minimum Gasteiger partial charge on any atom is -0.395 e. The molecule has 0 radical (unpaired) electrons. The molecule has 2 rings (SSSR count). The van der Waals surface area contributed by atoms with Gasteiger partial charge >= 0.3 is 0 Å². The topological polar surface area (TPSA) is 20.2 Å². The van der Waals surface area contributed by atoms with Crippen molar-refractivity contribution in [3.63, 3.8) is 0 Å². The predicted molar refractivity (Wildman–Crippen MR) is 81.0 cm³/mol. The molecular formula is C16H16Cl2O. The normalized spacial score (nSPS) is 14.1. The molecule has 1 N–H and O–H groups in total. The van der Waals surface area contributed by atoms with Crippen molar-refractivity contribution in [3.8, 4) is 0 Å². The molecule has 2 aromatic rings. The highest BCUT2D eigenvalue weighted by Gasteiger charge is 2.27. The molecule has 19 heavy (non-hydrogen) atoms. The van der Waals surface area contributed by atoms with Gasteiger partial charge in [-0.05, 0) is 35.7 Å². The third kappa shape index (κ3) is 3.30. The number of aliphatic hydroxyl groups is 1. The molecule has 0 aliphatic rings. The maximum atomic E-state index is 9.78. The largest absolute Gasteiger partial charge is 0.395 e. The van der Waals surface area contributed by atoms with Crippen LogP contribution in [0.1, 0.15) is 18.1 Å². The Morgan fingerprint density at radius 1 is 1.00 bits per heavy atom. The van der Waals surface area contributed by atoms with Crippen LogP contribution >= 0.6 is 23.2 Å². The van der Waals surface area contributed by atoms with Gasteiger partial charge in [-0.3, -0.25) is 0 Å². The van der Waals surface area contributed by atoms with Crippen LogP contribution in [0.2, 0.25) is 10.0 Å². The first-order chi connectivity index (χ1) is 9.05. The standard InChI is InChI=1S/C16H16Cl2O/c1-16(11-19,13-6-8-14(17)9-7-13)10-12-4-2-3-5-15(12)18/h2-9,19H,10-11H2,1H3. The summed E-state index contributed by atoms with van der Waals surface area (Å²) >= 11 is 12.1. The molecule has 1 unspecified atom stereocenters. The van der Waals surface area contributed by atoms with Gasteiger partial charge in [-0.1, -0.05) is 60.5 Å². The van der Waals surface area contributed by atoms with E-state index in [0.29, 0.717) is 11.4 Å². The summed E-state index contributed by atoms with van der Waals surface area (Å²) in [7, 11) is 0. The molecule has 1 atom stereocenters. The van der Waals surface area contributed by atoms with E-state index in [4.69, 9.17) is 23.2 Å². The highest BCUT2D eigenvalue weighted by Crippen LogP contribution is 2.31. The first-order valence-corrected chi connectivity index (χ1v) is 6.91. The van der Waals surface area contributed by atoms with Crippen molar-refractivity contribution in [2.45, 2.75) is 18.8 Å². The minimum atomic E-state index is -0.365. The van der Waals surface area contributed by atoms with E-state index in [9.17, 15) is 5.11 Å². The molecule has 0 aliphatic carbocycles. The lowest BCUT2D eigenvalue weighted by atomic mass is 9.78. The number of hydrogen-bond donors (Lipinski definition) is 1. The van der Waals surface area contributed by atoms with Gasteiger partial charge in [0, 0.05) is 15.5 Å². The Labute approximate surface area is 123 Å². The number of halogens is 2. The van der Waals surface area contributed by atoms with Gasteiger partial charge in [-0.15, -0.1) is 0 Å². The molecule has 100 valence electrons. The van der Waals surface area contributed by atoms with Crippen LogP contribution in [0.15, 0.2) is 48.5 Å². The summed E-state index contributed by atoms with van der Waals surface area (Å²) in [4.78, 5) is 0. The van der Waals surface area contributed by atoms with Crippen molar-refractivity contribution in [3.05, 3.63) is 69.7 Å². The van der Waals surface area contributed by atoms with Gasteiger partial charge in [0.1, 0.15) is 0 Å². The van der Waals surface area contributed by atoms with Crippen molar-refractivity contribution in [1.82, 2.24) is 0 Å². The van der Waals surface area contributed by atoms with Gasteiger partial charge < -0.3 is 5.11 Å². The van der Waals surface area contributed by atoms with E-state index in [1.54, 1.807) is 0 Å². The molecule has 0 aromatic heterocycles. The Morgan fingerprint density at radius 2 is 1.63 bits per heavy atom. The van der Waals surface area contributed by atoms with Gasteiger partial charge in [-0.2, -0.15) is 0 Å². The second-order valence-electron chi connectivity index (χ2n) is 4.99. The average molecular weight is 295 g/mol. The summed E-state index contributed by atoms with van der Waals surface area (Å²) in [5, 5.41) is 11.2. The lowest BCUT2D eigenvalue weighted by molar-refractivity contribution is 0.204. The first-order valence-electron chi connectivity index (χ1n) is 6.15. The fourth-order valence-corrected chi connectivity index (χ4v) is 2.49.